The molecule has 0 rings (SSSR count). The molecule has 0 aliphatic heterocycles. The van der Waals surface area contributed by atoms with Crippen LogP contribution in [0.5, 0.6) is 0 Å². The van der Waals surface area contributed by atoms with Gasteiger partial charge in [-0.1, -0.05) is 38.8 Å². The number of hydrogen-bond acceptors (Lipinski definition) is 0. The molecule has 0 aliphatic carbocycles. The van der Waals surface area contributed by atoms with Crippen LogP contribution in [0.2, 0.25) is 12.1 Å². The van der Waals surface area contributed by atoms with Crippen LogP contribution in [-0.4, -0.2) is 8.80 Å². The summed E-state index contributed by atoms with van der Waals surface area (Å²) in [6.45, 7) is 8.39. The zero-order valence-electron chi connectivity index (χ0n) is 6.69. The van der Waals surface area contributed by atoms with Gasteiger partial charge in [-0.25, -0.2) is 0 Å². The summed E-state index contributed by atoms with van der Waals surface area (Å²) in [4.78, 5) is 0. The predicted octanol–water partition coefficient (Wildman–Crippen LogP) is 2.76. The van der Waals surface area contributed by atoms with Crippen molar-refractivity contribution in [2.24, 2.45) is 0 Å². The van der Waals surface area contributed by atoms with E-state index >= 15 is 0 Å². The van der Waals surface area contributed by atoms with Gasteiger partial charge in [-0.15, -0.1) is 12.3 Å². The molecule has 0 saturated heterocycles. The molecule has 0 saturated carbocycles. The van der Waals surface area contributed by atoms with Crippen molar-refractivity contribution in [2.45, 2.75) is 38.8 Å². The van der Waals surface area contributed by atoms with Crippen molar-refractivity contribution in [1.29, 1.82) is 0 Å². The fraction of sp³-hybridized carbons (Fsp3) is 0.750. The van der Waals surface area contributed by atoms with Gasteiger partial charge in [0.2, 0.25) is 0 Å². The first-order valence-electron chi connectivity index (χ1n) is 3.97. The SMILES string of the molecule is C=C[SiH](CCC)CCC. The molecular formula is C8H18Si. The van der Waals surface area contributed by atoms with Crippen molar-refractivity contribution in [3.63, 3.8) is 0 Å². The Balaban J connectivity index is 3.29. The lowest BCUT2D eigenvalue weighted by molar-refractivity contribution is 1.01. The summed E-state index contributed by atoms with van der Waals surface area (Å²) < 4.78 is 0. The summed E-state index contributed by atoms with van der Waals surface area (Å²) in [6.07, 6.45) is 2.70. The highest BCUT2D eigenvalue weighted by molar-refractivity contribution is 6.64. The van der Waals surface area contributed by atoms with Crippen molar-refractivity contribution >= 4 is 8.80 Å². The Bertz CT molecular complexity index is 63.0. The molecule has 0 aromatic carbocycles. The maximum Gasteiger partial charge on any atom is 0.0607 e. The summed E-state index contributed by atoms with van der Waals surface area (Å²) in [5.74, 6) is 0. The Morgan fingerprint density at radius 2 is 1.67 bits per heavy atom. The normalized spacial score (nSPS) is 10.1. The van der Waals surface area contributed by atoms with Gasteiger partial charge in [0.15, 0.2) is 0 Å². The van der Waals surface area contributed by atoms with E-state index in [0.717, 1.165) is 0 Å². The predicted molar refractivity (Wildman–Crippen MR) is 47.5 cm³/mol. The second-order valence-corrected chi connectivity index (χ2v) is 5.72. The monoisotopic (exact) mass is 142 g/mol. The Hall–Kier alpha value is -0.0431. The van der Waals surface area contributed by atoms with Crippen molar-refractivity contribution in [1.82, 2.24) is 0 Å². The number of hydrogen-bond donors (Lipinski definition) is 0. The topological polar surface area (TPSA) is 0 Å². The van der Waals surface area contributed by atoms with Crippen LogP contribution in [0, 0.1) is 0 Å². The second kappa shape index (κ2) is 6.08. The lowest BCUT2D eigenvalue weighted by Crippen LogP contribution is -2.06. The molecule has 0 heterocycles. The van der Waals surface area contributed by atoms with Crippen LogP contribution < -0.4 is 0 Å². The van der Waals surface area contributed by atoms with E-state index < -0.39 is 8.80 Å². The minimum absolute atomic E-state index is 0.449. The van der Waals surface area contributed by atoms with Gasteiger partial charge in [-0.2, -0.15) is 0 Å². The molecule has 0 bridgehead atoms. The van der Waals surface area contributed by atoms with Gasteiger partial charge in [0.1, 0.15) is 0 Å². The molecule has 54 valence electrons. The molecule has 0 atom stereocenters. The minimum atomic E-state index is -0.449. The van der Waals surface area contributed by atoms with Gasteiger partial charge >= 0.3 is 0 Å². The van der Waals surface area contributed by atoms with E-state index in [1.54, 1.807) is 0 Å². The van der Waals surface area contributed by atoms with Gasteiger partial charge in [0.25, 0.3) is 0 Å². The lowest BCUT2D eigenvalue weighted by Gasteiger charge is -2.05. The van der Waals surface area contributed by atoms with Crippen LogP contribution in [0.4, 0.5) is 0 Å². The first-order chi connectivity index (χ1) is 4.35. The highest BCUT2D eigenvalue weighted by Crippen LogP contribution is 2.05. The zero-order chi connectivity index (χ0) is 7.11. The van der Waals surface area contributed by atoms with Crippen LogP contribution in [0.15, 0.2) is 12.3 Å². The van der Waals surface area contributed by atoms with E-state index in [9.17, 15) is 0 Å². The first kappa shape index (κ1) is 8.96. The van der Waals surface area contributed by atoms with Crippen LogP contribution >= 0.6 is 0 Å². The summed E-state index contributed by atoms with van der Waals surface area (Å²) in [5, 5.41) is 0. The summed E-state index contributed by atoms with van der Waals surface area (Å²) >= 11 is 0. The van der Waals surface area contributed by atoms with E-state index in [2.05, 4.69) is 26.1 Å². The second-order valence-electron chi connectivity index (χ2n) is 2.57. The molecule has 0 radical (unpaired) electrons. The molecule has 0 spiro atoms. The van der Waals surface area contributed by atoms with Gasteiger partial charge in [0, 0.05) is 0 Å². The Labute approximate surface area is 60.6 Å². The van der Waals surface area contributed by atoms with Crippen LogP contribution in [0.1, 0.15) is 26.7 Å². The van der Waals surface area contributed by atoms with Crippen molar-refractivity contribution in [3.05, 3.63) is 12.3 Å². The van der Waals surface area contributed by atoms with E-state index in [4.69, 9.17) is 0 Å². The average molecular weight is 142 g/mol. The fourth-order valence-electron chi connectivity index (χ4n) is 1.12. The molecule has 0 aromatic heterocycles. The number of rotatable bonds is 5. The molecule has 9 heavy (non-hydrogen) atoms. The van der Waals surface area contributed by atoms with Crippen molar-refractivity contribution < 1.29 is 0 Å². The smallest absolute Gasteiger partial charge is 0.0607 e. The third-order valence-electron chi connectivity index (χ3n) is 1.65. The fourth-order valence-corrected chi connectivity index (χ4v) is 3.36. The van der Waals surface area contributed by atoms with Crippen LogP contribution in [0.25, 0.3) is 0 Å². The summed E-state index contributed by atoms with van der Waals surface area (Å²) in [5.41, 5.74) is 2.23. The van der Waals surface area contributed by atoms with E-state index in [-0.39, 0.29) is 0 Å². The zero-order valence-corrected chi connectivity index (χ0v) is 7.84. The molecule has 1 heteroatoms. The lowest BCUT2D eigenvalue weighted by atomic mass is 10.6. The molecule has 0 aromatic rings. The maximum atomic E-state index is 3.86. The Morgan fingerprint density at radius 1 is 1.22 bits per heavy atom. The average Bonchev–Trinajstić information content (AvgIpc) is 1.88. The highest BCUT2D eigenvalue weighted by Gasteiger charge is 2.01. The Kier molecular flexibility index (Phi) is 6.05. The molecule has 0 amide bonds. The third-order valence-corrected chi connectivity index (χ3v) is 4.96. The maximum absolute atomic E-state index is 3.86. The molecule has 0 nitrogen and oxygen atoms in total. The van der Waals surface area contributed by atoms with Gasteiger partial charge in [-0.3, -0.25) is 0 Å². The van der Waals surface area contributed by atoms with Gasteiger partial charge < -0.3 is 0 Å². The van der Waals surface area contributed by atoms with Gasteiger partial charge in [-0.05, 0) is 0 Å². The van der Waals surface area contributed by atoms with Crippen molar-refractivity contribution in [3.8, 4) is 0 Å². The summed E-state index contributed by atoms with van der Waals surface area (Å²) in [7, 11) is -0.449. The molecule has 0 N–H and O–H groups in total. The highest BCUT2D eigenvalue weighted by atomic mass is 28.3. The molecular weight excluding hydrogens is 124 g/mol. The quantitative estimate of drug-likeness (QED) is 0.518. The van der Waals surface area contributed by atoms with E-state index in [0.29, 0.717) is 0 Å². The standard InChI is InChI=1S/C8H18Si/c1-4-7-9(6-3)8-5-2/h6,9H,3-5,7-8H2,1-2H3. The third kappa shape index (κ3) is 4.46. The van der Waals surface area contributed by atoms with Crippen LogP contribution in [0.3, 0.4) is 0 Å². The van der Waals surface area contributed by atoms with Crippen LogP contribution in [-0.2, 0) is 0 Å². The van der Waals surface area contributed by atoms with E-state index in [1.807, 2.05) is 0 Å². The van der Waals surface area contributed by atoms with Crippen molar-refractivity contribution in [2.75, 3.05) is 0 Å². The van der Waals surface area contributed by atoms with E-state index in [1.165, 1.54) is 24.9 Å². The first-order valence-corrected chi connectivity index (χ1v) is 6.27. The Morgan fingerprint density at radius 3 is 1.89 bits per heavy atom. The van der Waals surface area contributed by atoms with Gasteiger partial charge in [0.05, 0.1) is 8.80 Å². The molecule has 0 unspecified atom stereocenters. The molecule has 0 aliphatic rings. The largest absolute Gasteiger partial charge is 0.107 e. The molecule has 0 fully saturated rings. The minimum Gasteiger partial charge on any atom is -0.107 e. The summed E-state index contributed by atoms with van der Waals surface area (Å²) in [6, 6.07) is 2.91.